The standard InChI is InChI=1S/C17H30NO2/c1-7-14(3)9-11-18(5)17(15(4)13-19)16(8-2)10-12-20-6/h7,9,11,16-17,19H,1,4,8,10,12-13H2,2-3,5-6H3/q+1/b14-9+,18-11+. The van der Waals surface area contributed by atoms with Crippen LogP contribution < -0.4 is 0 Å². The molecule has 20 heavy (non-hydrogen) atoms. The van der Waals surface area contributed by atoms with Crippen molar-refractivity contribution in [1.29, 1.82) is 0 Å². The van der Waals surface area contributed by atoms with Gasteiger partial charge in [0.1, 0.15) is 7.05 Å². The number of hydrogen-bond donors (Lipinski definition) is 1. The third-order valence-corrected chi connectivity index (χ3v) is 3.62. The summed E-state index contributed by atoms with van der Waals surface area (Å²) >= 11 is 0. The molecule has 3 nitrogen and oxygen atoms in total. The van der Waals surface area contributed by atoms with E-state index in [0.29, 0.717) is 5.92 Å². The minimum absolute atomic E-state index is 0.0104. The molecule has 2 atom stereocenters. The van der Waals surface area contributed by atoms with Gasteiger partial charge in [-0.3, -0.25) is 0 Å². The van der Waals surface area contributed by atoms with Gasteiger partial charge in [0, 0.05) is 31.3 Å². The maximum Gasteiger partial charge on any atom is 0.178 e. The molecule has 114 valence electrons. The fraction of sp³-hybridized carbons (Fsp3) is 0.588. The zero-order valence-corrected chi connectivity index (χ0v) is 13.4. The Morgan fingerprint density at radius 1 is 1.45 bits per heavy atom. The van der Waals surface area contributed by atoms with Gasteiger partial charge in [-0.05, 0) is 25.3 Å². The van der Waals surface area contributed by atoms with E-state index < -0.39 is 0 Å². The van der Waals surface area contributed by atoms with E-state index in [9.17, 15) is 5.11 Å². The predicted octanol–water partition coefficient (Wildman–Crippen LogP) is 2.81. The molecule has 0 rings (SSSR count). The molecular weight excluding hydrogens is 250 g/mol. The Hall–Kier alpha value is -1.19. The number of likely N-dealkylation sites (N-methyl/N-ethyl adjacent to an activating group) is 1. The van der Waals surface area contributed by atoms with E-state index in [1.165, 1.54) is 0 Å². The zero-order valence-electron chi connectivity index (χ0n) is 13.4. The van der Waals surface area contributed by atoms with Gasteiger partial charge < -0.3 is 9.84 Å². The van der Waals surface area contributed by atoms with Gasteiger partial charge in [0.05, 0.1) is 6.61 Å². The van der Waals surface area contributed by atoms with E-state index in [1.54, 1.807) is 7.11 Å². The van der Waals surface area contributed by atoms with Crippen LogP contribution in [0.3, 0.4) is 0 Å². The highest BCUT2D eigenvalue weighted by atomic mass is 16.5. The lowest BCUT2D eigenvalue weighted by Gasteiger charge is -2.23. The van der Waals surface area contributed by atoms with Crippen LogP contribution >= 0.6 is 0 Å². The van der Waals surface area contributed by atoms with Crippen LogP contribution in [0.25, 0.3) is 0 Å². The van der Waals surface area contributed by atoms with Crippen molar-refractivity contribution < 1.29 is 14.4 Å². The summed E-state index contributed by atoms with van der Waals surface area (Å²) in [4.78, 5) is 0. The van der Waals surface area contributed by atoms with E-state index in [-0.39, 0.29) is 12.6 Å². The van der Waals surface area contributed by atoms with Gasteiger partial charge in [-0.2, -0.15) is 0 Å². The van der Waals surface area contributed by atoms with Gasteiger partial charge in [-0.1, -0.05) is 26.2 Å². The Morgan fingerprint density at radius 2 is 2.10 bits per heavy atom. The van der Waals surface area contributed by atoms with Gasteiger partial charge in [-0.15, -0.1) is 0 Å². The van der Waals surface area contributed by atoms with E-state index in [2.05, 4.69) is 24.7 Å². The fourth-order valence-corrected chi connectivity index (χ4v) is 2.30. The molecular formula is C17H30NO2+. The van der Waals surface area contributed by atoms with Crippen molar-refractivity contribution in [3.63, 3.8) is 0 Å². The molecule has 0 fully saturated rings. The van der Waals surface area contributed by atoms with Gasteiger partial charge in [0.15, 0.2) is 12.3 Å². The summed E-state index contributed by atoms with van der Waals surface area (Å²) in [6.07, 6.45) is 7.85. The third kappa shape index (κ3) is 6.31. The van der Waals surface area contributed by atoms with Gasteiger partial charge in [0.25, 0.3) is 0 Å². The van der Waals surface area contributed by atoms with Crippen molar-refractivity contribution in [1.82, 2.24) is 0 Å². The largest absolute Gasteiger partial charge is 0.392 e. The van der Waals surface area contributed by atoms with Crippen molar-refractivity contribution in [2.45, 2.75) is 32.7 Å². The summed E-state index contributed by atoms with van der Waals surface area (Å²) in [5, 5.41) is 9.44. The summed E-state index contributed by atoms with van der Waals surface area (Å²) in [6.45, 7) is 12.7. The van der Waals surface area contributed by atoms with Crippen LogP contribution in [-0.2, 0) is 4.74 Å². The highest BCUT2D eigenvalue weighted by molar-refractivity contribution is 5.68. The first-order valence-electron chi connectivity index (χ1n) is 7.15. The second-order valence-corrected chi connectivity index (χ2v) is 5.14. The number of ether oxygens (including phenoxy) is 1. The van der Waals surface area contributed by atoms with Crippen molar-refractivity contribution in [2.24, 2.45) is 5.92 Å². The zero-order chi connectivity index (χ0) is 15.5. The Balaban J connectivity index is 5.21. The van der Waals surface area contributed by atoms with Crippen LogP contribution in [0.4, 0.5) is 0 Å². The normalized spacial score (nSPS) is 15.8. The first-order chi connectivity index (χ1) is 9.51. The van der Waals surface area contributed by atoms with Crippen LogP contribution in [-0.4, -0.2) is 49.3 Å². The van der Waals surface area contributed by atoms with Gasteiger partial charge in [-0.25, -0.2) is 4.58 Å². The summed E-state index contributed by atoms with van der Waals surface area (Å²) in [6, 6.07) is 0.119. The minimum Gasteiger partial charge on any atom is -0.392 e. The molecule has 0 aliphatic heterocycles. The SMILES string of the molecule is C=C/C(C)=C/C=[N+](\C)C(C(=C)CO)C(CC)CCOC. The van der Waals surface area contributed by atoms with Gasteiger partial charge in [0.2, 0.25) is 0 Å². The Labute approximate surface area is 124 Å². The predicted molar refractivity (Wildman–Crippen MR) is 86.5 cm³/mol. The summed E-state index contributed by atoms with van der Waals surface area (Å²) < 4.78 is 7.31. The van der Waals surface area contributed by atoms with E-state index in [0.717, 1.165) is 30.6 Å². The number of aliphatic hydroxyl groups excluding tert-OH is 1. The second-order valence-electron chi connectivity index (χ2n) is 5.14. The number of aliphatic hydroxyl groups is 1. The van der Waals surface area contributed by atoms with Crippen LogP contribution in [0, 0.1) is 5.92 Å². The number of nitrogens with zero attached hydrogens (tertiary/aromatic N) is 1. The van der Waals surface area contributed by atoms with Crippen molar-refractivity contribution >= 4 is 6.21 Å². The molecule has 0 heterocycles. The lowest BCUT2D eigenvalue weighted by molar-refractivity contribution is -0.533. The highest BCUT2D eigenvalue weighted by Gasteiger charge is 2.29. The van der Waals surface area contributed by atoms with E-state index in [1.807, 2.05) is 32.3 Å². The molecule has 0 saturated heterocycles. The van der Waals surface area contributed by atoms with Crippen molar-refractivity contribution in [3.8, 4) is 0 Å². The number of hydrogen-bond acceptors (Lipinski definition) is 2. The minimum atomic E-state index is 0.0104. The molecule has 0 bridgehead atoms. The van der Waals surface area contributed by atoms with Crippen LogP contribution in [0.1, 0.15) is 26.7 Å². The molecule has 0 saturated carbocycles. The smallest absolute Gasteiger partial charge is 0.178 e. The molecule has 0 amide bonds. The van der Waals surface area contributed by atoms with E-state index in [4.69, 9.17) is 4.74 Å². The molecule has 0 aromatic carbocycles. The maximum absolute atomic E-state index is 9.44. The molecule has 0 aliphatic rings. The molecule has 2 unspecified atom stereocenters. The third-order valence-electron chi connectivity index (χ3n) is 3.62. The van der Waals surface area contributed by atoms with Crippen LogP contribution in [0.15, 0.2) is 36.5 Å². The Bertz CT molecular complexity index is 369. The molecule has 3 heteroatoms. The Kier molecular flexibility index (Phi) is 9.95. The van der Waals surface area contributed by atoms with Crippen LogP contribution in [0.5, 0.6) is 0 Å². The number of rotatable bonds is 10. The summed E-state index contributed by atoms with van der Waals surface area (Å²) in [7, 11) is 3.74. The van der Waals surface area contributed by atoms with E-state index >= 15 is 0 Å². The number of allylic oxidation sites excluding steroid dienone is 3. The first-order valence-corrected chi connectivity index (χ1v) is 7.15. The molecule has 0 aliphatic carbocycles. The fourth-order valence-electron chi connectivity index (χ4n) is 2.30. The summed E-state index contributed by atoms with van der Waals surface area (Å²) in [5.74, 6) is 0.410. The first kappa shape index (κ1) is 18.8. The lowest BCUT2D eigenvalue weighted by atomic mass is 9.88. The van der Waals surface area contributed by atoms with Crippen molar-refractivity contribution in [2.75, 3.05) is 27.4 Å². The molecule has 1 N–H and O–H groups in total. The lowest BCUT2D eigenvalue weighted by Crippen LogP contribution is -2.35. The second kappa shape index (κ2) is 10.6. The average Bonchev–Trinajstić information content (AvgIpc) is 2.47. The monoisotopic (exact) mass is 280 g/mol. The molecule has 0 spiro atoms. The highest BCUT2D eigenvalue weighted by Crippen LogP contribution is 2.21. The molecule has 0 aromatic heterocycles. The number of methoxy groups -OCH3 is 1. The van der Waals surface area contributed by atoms with Crippen LogP contribution in [0.2, 0.25) is 0 Å². The molecule has 0 aromatic rings. The Morgan fingerprint density at radius 3 is 2.55 bits per heavy atom. The quantitative estimate of drug-likeness (QED) is 0.289. The van der Waals surface area contributed by atoms with Gasteiger partial charge >= 0.3 is 0 Å². The average molecular weight is 280 g/mol. The molecule has 0 radical (unpaired) electrons. The topological polar surface area (TPSA) is 32.5 Å². The maximum atomic E-state index is 9.44. The van der Waals surface area contributed by atoms with Crippen molar-refractivity contribution in [3.05, 3.63) is 36.5 Å². The summed E-state index contributed by atoms with van der Waals surface area (Å²) in [5.41, 5.74) is 1.95.